The van der Waals surface area contributed by atoms with Crippen molar-refractivity contribution in [3.63, 3.8) is 0 Å². The number of rotatable bonds is 5. The zero-order chi connectivity index (χ0) is 24.7. The van der Waals surface area contributed by atoms with E-state index in [4.69, 9.17) is 0 Å². The highest BCUT2D eigenvalue weighted by molar-refractivity contribution is 7.89. The van der Waals surface area contributed by atoms with Crippen molar-refractivity contribution in [1.82, 2.24) is 18.8 Å². The largest absolute Gasteiger partial charge is 0.449 e. The zero-order valence-corrected chi connectivity index (χ0v) is 18.9. The van der Waals surface area contributed by atoms with E-state index < -0.39 is 34.5 Å². The van der Waals surface area contributed by atoms with Gasteiger partial charge in [-0.25, -0.2) is 13.4 Å². The number of para-hydroxylation sites is 2. The molecule has 1 aromatic heterocycles. The summed E-state index contributed by atoms with van der Waals surface area (Å²) in [5, 5.41) is 0. The van der Waals surface area contributed by atoms with Crippen molar-refractivity contribution in [2.45, 2.75) is 24.5 Å². The molecular weight excluding hydrogens is 473 g/mol. The Labute approximate surface area is 193 Å². The van der Waals surface area contributed by atoms with E-state index >= 15 is 0 Å². The first-order valence-corrected chi connectivity index (χ1v) is 11.8. The number of alkyl halides is 3. The number of ketones is 1. The van der Waals surface area contributed by atoms with Crippen LogP contribution in [-0.2, 0) is 27.5 Å². The summed E-state index contributed by atoms with van der Waals surface area (Å²) < 4.78 is 68.3. The van der Waals surface area contributed by atoms with Crippen LogP contribution in [0.4, 0.5) is 13.2 Å². The Kier molecular flexibility index (Phi) is 6.21. The molecule has 0 saturated carbocycles. The number of hydrogen-bond acceptors (Lipinski definition) is 5. The maximum atomic E-state index is 13.5. The average molecular weight is 494 g/mol. The van der Waals surface area contributed by atoms with Crippen LogP contribution in [0.15, 0.2) is 53.4 Å². The second-order valence-electron chi connectivity index (χ2n) is 7.87. The number of halogens is 3. The van der Waals surface area contributed by atoms with Crippen LogP contribution in [0.3, 0.4) is 0 Å². The number of aromatic nitrogens is 2. The molecule has 0 aliphatic carbocycles. The van der Waals surface area contributed by atoms with E-state index in [-0.39, 0.29) is 47.9 Å². The Balaban J connectivity index is 1.47. The normalized spacial score (nSPS) is 15.6. The fourth-order valence-corrected chi connectivity index (χ4v) is 5.30. The summed E-state index contributed by atoms with van der Waals surface area (Å²) in [6, 6.07) is 11.6. The third kappa shape index (κ3) is 4.55. The number of carbonyl (C=O) groups excluding carboxylic acids is 2. The van der Waals surface area contributed by atoms with Crippen LogP contribution in [0, 0.1) is 0 Å². The number of nitrogens with zero attached hydrogens (tertiary/aromatic N) is 4. The Hall–Kier alpha value is -3.25. The van der Waals surface area contributed by atoms with E-state index in [0.717, 1.165) is 4.57 Å². The number of Topliss-reactive ketones (excluding diaryl/α,β-unsaturated/α-hetero) is 1. The summed E-state index contributed by atoms with van der Waals surface area (Å²) in [5.41, 5.74) is 0.715. The summed E-state index contributed by atoms with van der Waals surface area (Å²) in [4.78, 5) is 29.2. The van der Waals surface area contributed by atoms with E-state index in [1.807, 2.05) is 0 Å². The molecule has 2 heterocycles. The number of fused-ring (bicyclic) bond motifs is 1. The Morgan fingerprint density at radius 1 is 0.971 bits per heavy atom. The fraction of sp³-hybridized carbons (Fsp3) is 0.318. The number of piperazine rings is 1. The summed E-state index contributed by atoms with van der Waals surface area (Å²) in [7, 11) is -3.84. The lowest BCUT2D eigenvalue weighted by atomic mass is 10.2. The van der Waals surface area contributed by atoms with Crippen LogP contribution in [0.2, 0.25) is 0 Å². The van der Waals surface area contributed by atoms with Crippen LogP contribution in [-0.4, -0.2) is 65.0 Å². The number of imidazole rings is 1. The smallest absolute Gasteiger partial charge is 0.339 e. The van der Waals surface area contributed by atoms with E-state index in [9.17, 15) is 31.2 Å². The number of carbonyl (C=O) groups is 2. The first-order valence-electron chi connectivity index (χ1n) is 10.4. The van der Waals surface area contributed by atoms with E-state index in [1.54, 1.807) is 12.1 Å². The van der Waals surface area contributed by atoms with Gasteiger partial charge in [-0.2, -0.15) is 17.5 Å². The van der Waals surface area contributed by atoms with Crippen molar-refractivity contribution in [3.05, 3.63) is 59.9 Å². The van der Waals surface area contributed by atoms with Gasteiger partial charge >= 0.3 is 6.18 Å². The van der Waals surface area contributed by atoms with Crippen molar-refractivity contribution in [1.29, 1.82) is 0 Å². The molecule has 1 saturated heterocycles. The lowest BCUT2D eigenvalue weighted by Crippen LogP contribution is -2.51. The van der Waals surface area contributed by atoms with Gasteiger partial charge in [-0.05, 0) is 31.2 Å². The lowest BCUT2D eigenvalue weighted by Gasteiger charge is -2.34. The quantitative estimate of drug-likeness (QED) is 0.509. The van der Waals surface area contributed by atoms with Crippen LogP contribution < -0.4 is 0 Å². The zero-order valence-electron chi connectivity index (χ0n) is 18.1. The van der Waals surface area contributed by atoms with Gasteiger partial charge < -0.3 is 9.47 Å². The van der Waals surface area contributed by atoms with Gasteiger partial charge in [0, 0.05) is 31.7 Å². The SMILES string of the molecule is CC(=O)c1ccc(S(=O)(=O)N2CCN(C(=O)Cn3c(C(F)(F)F)nc4ccccc43)CC2)cc1. The molecule has 34 heavy (non-hydrogen) atoms. The maximum absolute atomic E-state index is 13.5. The van der Waals surface area contributed by atoms with Gasteiger partial charge in [-0.3, -0.25) is 9.59 Å². The maximum Gasteiger partial charge on any atom is 0.449 e. The van der Waals surface area contributed by atoms with Gasteiger partial charge in [0.15, 0.2) is 5.78 Å². The summed E-state index contributed by atoms with van der Waals surface area (Å²) in [6.45, 7) is 0.895. The van der Waals surface area contributed by atoms with Crippen LogP contribution in [0.5, 0.6) is 0 Å². The Morgan fingerprint density at radius 2 is 1.59 bits per heavy atom. The Bertz CT molecular complexity index is 1340. The predicted molar refractivity (Wildman–Crippen MR) is 117 cm³/mol. The van der Waals surface area contributed by atoms with Crippen molar-refractivity contribution in [2.24, 2.45) is 0 Å². The molecule has 1 aliphatic rings. The number of sulfonamides is 1. The van der Waals surface area contributed by atoms with E-state index in [0.29, 0.717) is 5.56 Å². The molecule has 1 aliphatic heterocycles. The van der Waals surface area contributed by atoms with Crippen molar-refractivity contribution in [2.75, 3.05) is 26.2 Å². The third-order valence-electron chi connectivity index (χ3n) is 5.69. The molecule has 3 aromatic rings. The molecule has 0 spiro atoms. The van der Waals surface area contributed by atoms with Gasteiger partial charge in [-0.15, -0.1) is 0 Å². The summed E-state index contributed by atoms with van der Waals surface area (Å²) in [6.07, 6.45) is -4.73. The highest BCUT2D eigenvalue weighted by Gasteiger charge is 2.38. The minimum atomic E-state index is -4.73. The molecule has 12 heteroatoms. The molecule has 4 rings (SSSR count). The van der Waals surface area contributed by atoms with E-state index in [2.05, 4.69) is 4.98 Å². The number of benzene rings is 2. The van der Waals surface area contributed by atoms with Crippen LogP contribution in [0.25, 0.3) is 11.0 Å². The first kappa shape index (κ1) is 23.9. The molecule has 180 valence electrons. The fourth-order valence-electron chi connectivity index (χ4n) is 3.88. The van der Waals surface area contributed by atoms with E-state index in [1.165, 1.54) is 52.5 Å². The van der Waals surface area contributed by atoms with Gasteiger partial charge in [-0.1, -0.05) is 24.3 Å². The topological polar surface area (TPSA) is 92.6 Å². The highest BCUT2D eigenvalue weighted by atomic mass is 32.2. The van der Waals surface area contributed by atoms with Gasteiger partial charge in [0.2, 0.25) is 21.8 Å². The van der Waals surface area contributed by atoms with Crippen molar-refractivity contribution in [3.8, 4) is 0 Å². The number of amides is 1. The van der Waals surface area contributed by atoms with Crippen molar-refractivity contribution < 1.29 is 31.2 Å². The second-order valence-corrected chi connectivity index (χ2v) is 9.81. The van der Waals surface area contributed by atoms with Crippen LogP contribution >= 0.6 is 0 Å². The standard InChI is InChI=1S/C22H21F3N4O4S/c1-15(30)16-6-8-17(9-7-16)34(32,33)28-12-10-27(11-13-28)20(31)14-29-19-5-3-2-4-18(19)26-21(29)22(23,24)25/h2-9H,10-14H2,1H3. The first-order chi connectivity index (χ1) is 16.0. The monoisotopic (exact) mass is 494 g/mol. The molecule has 1 fully saturated rings. The molecule has 1 amide bonds. The Morgan fingerprint density at radius 3 is 2.18 bits per heavy atom. The van der Waals surface area contributed by atoms with Gasteiger partial charge in [0.1, 0.15) is 6.54 Å². The van der Waals surface area contributed by atoms with Gasteiger partial charge in [0.25, 0.3) is 0 Å². The van der Waals surface area contributed by atoms with Crippen LogP contribution in [0.1, 0.15) is 23.1 Å². The lowest BCUT2D eigenvalue weighted by molar-refractivity contribution is -0.148. The minimum absolute atomic E-state index is 0.000657. The molecule has 8 nitrogen and oxygen atoms in total. The molecule has 2 aromatic carbocycles. The van der Waals surface area contributed by atoms with Gasteiger partial charge in [0.05, 0.1) is 15.9 Å². The van der Waals surface area contributed by atoms with Crippen molar-refractivity contribution >= 4 is 32.7 Å². The predicted octanol–water partition coefficient (Wildman–Crippen LogP) is 2.79. The molecule has 0 N–H and O–H groups in total. The molecule has 0 bridgehead atoms. The minimum Gasteiger partial charge on any atom is -0.339 e. The number of hydrogen-bond donors (Lipinski definition) is 0. The summed E-state index contributed by atoms with van der Waals surface area (Å²) >= 11 is 0. The average Bonchev–Trinajstić information content (AvgIpc) is 3.18. The second kappa shape index (κ2) is 8.84. The highest BCUT2D eigenvalue weighted by Crippen LogP contribution is 2.31. The molecule has 0 radical (unpaired) electrons. The molecule has 0 atom stereocenters. The molecular formula is C22H21F3N4O4S. The third-order valence-corrected chi connectivity index (χ3v) is 7.60. The molecule has 0 unspecified atom stereocenters. The summed E-state index contributed by atoms with van der Waals surface area (Å²) in [5.74, 6) is -1.90.